The number of hydrogen-bond donors (Lipinski definition) is 1. The number of benzene rings is 2. The van der Waals surface area contributed by atoms with Crippen LogP contribution in [-0.2, 0) is 11.3 Å². The van der Waals surface area contributed by atoms with Gasteiger partial charge in [-0.2, -0.15) is 5.10 Å². The summed E-state index contributed by atoms with van der Waals surface area (Å²) in [4.78, 5) is 38.2. The molecule has 0 fully saturated rings. The number of rotatable bonds is 5. The minimum Gasteiger partial charge on any atom is -0.309 e. The molecule has 3 aromatic rings. The predicted molar refractivity (Wildman–Crippen MR) is 108 cm³/mol. The van der Waals surface area contributed by atoms with Crippen LogP contribution >= 0.6 is 23.2 Å². The molecule has 0 atom stereocenters. The monoisotopic (exact) mass is 428 g/mol. The number of amides is 3. The number of imide groups is 1. The molecular weight excluding hydrogens is 415 g/mol. The van der Waals surface area contributed by atoms with Crippen LogP contribution in [0.15, 0.2) is 54.7 Å². The van der Waals surface area contributed by atoms with Crippen LogP contribution in [0, 0.1) is 0 Å². The number of carbonyl (C=O) groups is 3. The molecule has 0 saturated heterocycles. The first-order valence-corrected chi connectivity index (χ1v) is 9.41. The Morgan fingerprint density at radius 1 is 0.966 bits per heavy atom. The number of carbonyl (C=O) groups excluding carboxylic acids is 3. The molecule has 1 aliphatic heterocycles. The van der Waals surface area contributed by atoms with E-state index in [1.807, 2.05) is 0 Å². The predicted octanol–water partition coefficient (Wildman–Crippen LogP) is 3.47. The maximum Gasteiger partial charge on any atom is 0.262 e. The van der Waals surface area contributed by atoms with Crippen molar-refractivity contribution in [2.75, 3.05) is 11.9 Å². The lowest BCUT2D eigenvalue weighted by Gasteiger charge is -2.14. The largest absolute Gasteiger partial charge is 0.309 e. The molecule has 7 nitrogen and oxygen atoms in total. The van der Waals surface area contributed by atoms with Gasteiger partial charge in [0, 0.05) is 6.07 Å². The molecule has 1 aromatic heterocycles. The van der Waals surface area contributed by atoms with Gasteiger partial charge in [-0.1, -0.05) is 47.5 Å². The number of aromatic nitrogens is 2. The van der Waals surface area contributed by atoms with Crippen LogP contribution in [0.1, 0.15) is 26.3 Å². The van der Waals surface area contributed by atoms with E-state index in [2.05, 4.69) is 10.4 Å². The van der Waals surface area contributed by atoms with Gasteiger partial charge in [0.25, 0.3) is 11.8 Å². The van der Waals surface area contributed by atoms with Gasteiger partial charge < -0.3 is 5.32 Å². The van der Waals surface area contributed by atoms with E-state index in [1.54, 1.807) is 48.5 Å². The lowest BCUT2D eigenvalue weighted by molar-refractivity contribution is -0.116. The smallest absolute Gasteiger partial charge is 0.262 e. The summed E-state index contributed by atoms with van der Waals surface area (Å²) in [6.07, 6.45) is 1.52. The standard InChI is InChI=1S/C20H14Cl2N4O3/c21-15-7-3-4-12(18(15)22)10-26-16(8-9-23-26)24-17(27)11-25-19(28)13-5-1-2-6-14(13)20(25)29/h1-9H,10-11H2,(H,24,27). The third-order valence-electron chi connectivity index (χ3n) is 4.52. The number of nitrogens with zero attached hydrogens (tertiary/aromatic N) is 3. The lowest BCUT2D eigenvalue weighted by Crippen LogP contribution is -2.37. The second kappa shape index (κ2) is 7.69. The second-order valence-corrected chi connectivity index (χ2v) is 7.16. The van der Waals surface area contributed by atoms with Gasteiger partial charge in [0.1, 0.15) is 12.4 Å². The molecule has 0 saturated carbocycles. The van der Waals surface area contributed by atoms with Gasteiger partial charge in [0.05, 0.1) is 33.9 Å². The molecule has 9 heteroatoms. The first kappa shape index (κ1) is 19.2. The molecule has 1 N–H and O–H groups in total. The normalized spacial score (nSPS) is 13.0. The second-order valence-electron chi connectivity index (χ2n) is 6.38. The Hall–Kier alpha value is -3.16. The van der Waals surface area contributed by atoms with E-state index in [-0.39, 0.29) is 6.54 Å². The maximum atomic E-state index is 12.5. The quantitative estimate of drug-likeness (QED) is 0.630. The summed E-state index contributed by atoms with van der Waals surface area (Å²) in [6, 6.07) is 13.3. The van der Waals surface area contributed by atoms with Gasteiger partial charge >= 0.3 is 0 Å². The third kappa shape index (κ3) is 3.62. The molecule has 0 radical (unpaired) electrons. The molecule has 0 unspecified atom stereocenters. The molecule has 2 heterocycles. The Balaban J connectivity index is 1.47. The van der Waals surface area contributed by atoms with Crippen molar-refractivity contribution < 1.29 is 14.4 Å². The van der Waals surface area contributed by atoms with Gasteiger partial charge in [-0.15, -0.1) is 0 Å². The lowest BCUT2D eigenvalue weighted by atomic mass is 10.1. The molecule has 29 heavy (non-hydrogen) atoms. The highest BCUT2D eigenvalue weighted by molar-refractivity contribution is 6.42. The van der Waals surface area contributed by atoms with Crippen molar-refractivity contribution in [2.24, 2.45) is 0 Å². The third-order valence-corrected chi connectivity index (χ3v) is 5.37. The van der Waals surface area contributed by atoms with E-state index in [9.17, 15) is 14.4 Å². The Labute approximate surface area is 175 Å². The summed E-state index contributed by atoms with van der Waals surface area (Å²) in [5, 5.41) is 7.69. The van der Waals surface area contributed by atoms with Gasteiger partial charge in [0.2, 0.25) is 5.91 Å². The summed E-state index contributed by atoms with van der Waals surface area (Å²) >= 11 is 12.3. The van der Waals surface area contributed by atoms with Crippen LogP contribution in [0.3, 0.4) is 0 Å². The highest BCUT2D eigenvalue weighted by atomic mass is 35.5. The topological polar surface area (TPSA) is 84.3 Å². The van der Waals surface area contributed by atoms with E-state index in [1.165, 1.54) is 10.9 Å². The zero-order valence-electron chi connectivity index (χ0n) is 14.9. The fraction of sp³-hybridized carbons (Fsp3) is 0.100. The molecule has 1 aliphatic rings. The van der Waals surface area contributed by atoms with Crippen LogP contribution in [0.25, 0.3) is 0 Å². The minimum atomic E-state index is -0.515. The van der Waals surface area contributed by atoms with Crippen LogP contribution in [0.2, 0.25) is 10.0 Å². The molecule has 3 amide bonds. The van der Waals surface area contributed by atoms with E-state index >= 15 is 0 Å². The van der Waals surface area contributed by atoms with Gasteiger partial charge in [0.15, 0.2) is 0 Å². The van der Waals surface area contributed by atoms with Crippen molar-refractivity contribution in [3.8, 4) is 0 Å². The van der Waals surface area contributed by atoms with E-state index < -0.39 is 24.3 Å². The summed E-state index contributed by atoms with van der Waals surface area (Å²) < 4.78 is 1.54. The van der Waals surface area contributed by atoms with Crippen molar-refractivity contribution in [3.63, 3.8) is 0 Å². The Morgan fingerprint density at radius 3 is 2.34 bits per heavy atom. The average Bonchev–Trinajstić information content (AvgIpc) is 3.24. The molecule has 4 rings (SSSR count). The number of halogens is 2. The van der Waals surface area contributed by atoms with Crippen molar-refractivity contribution in [3.05, 3.63) is 81.5 Å². The number of anilines is 1. The zero-order chi connectivity index (χ0) is 20.5. The van der Waals surface area contributed by atoms with Crippen LogP contribution < -0.4 is 5.32 Å². The first-order valence-electron chi connectivity index (χ1n) is 8.65. The van der Waals surface area contributed by atoms with Crippen molar-refractivity contribution >= 4 is 46.7 Å². The summed E-state index contributed by atoms with van der Waals surface area (Å²) in [6.45, 7) is -0.107. The van der Waals surface area contributed by atoms with E-state index in [0.717, 1.165) is 10.5 Å². The maximum absolute atomic E-state index is 12.5. The molecule has 0 bridgehead atoms. The SMILES string of the molecule is O=C(CN1C(=O)c2ccccc2C1=O)Nc1ccnn1Cc1cccc(Cl)c1Cl. The van der Waals surface area contributed by atoms with Crippen LogP contribution in [0.4, 0.5) is 5.82 Å². The van der Waals surface area contributed by atoms with Gasteiger partial charge in [-0.3, -0.25) is 19.3 Å². The summed E-state index contributed by atoms with van der Waals surface area (Å²) in [5.74, 6) is -1.08. The highest BCUT2D eigenvalue weighted by Gasteiger charge is 2.36. The van der Waals surface area contributed by atoms with Crippen molar-refractivity contribution in [1.29, 1.82) is 0 Å². The van der Waals surface area contributed by atoms with Crippen LogP contribution in [-0.4, -0.2) is 38.9 Å². The fourth-order valence-corrected chi connectivity index (χ4v) is 3.49. The molecule has 146 valence electrons. The van der Waals surface area contributed by atoms with Crippen molar-refractivity contribution in [2.45, 2.75) is 6.54 Å². The number of nitrogens with one attached hydrogen (secondary N) is 1. The zero-order valence-corrected chi connectivity index (χ0v) is 16.4. The molecule has 0 spiro atoms. The molecule has 2 aromatic carbocycles. The van der Waals surface area contributed by atoms with Crippen LogP contribution in [0.5, 0.6) is 0 Å². The molecular formula is C20H14Cl2N4O3. The Morgan fingerprint density at radius 2 is 1.66 bits per heavy atom. The average molecular weight is 429 g/mol. The minimum absolute atomic E-state index is 0.287. The van der Waals surface area contributed by atoms with Crippen molar-refractivity contribution in [1.82, 2.24) is 14.7 Å². The van der Waals surface area contributed by atoms with Gasteiger partial charge in [-0.05, 0) is 23.8 Å². The summed E-state index contributed by atoms with van der Waals surface area (Å²) in [7, 11) is 0. The fourth-order valence-electron chi connectivity index (χ4n) is 3.11. The first-order chi connectivity index (χ1) is 14.0. The van der Waals surface area contributed by atoms with E-state index in [4.69, 9.17) is 23.2 Å². The van der Waals surface area contributed by atoms with Gasteiger partial charge in [-0.25, -0.2) is 4.68 Å². The number of hydrogen-bond acceptors (Lipinski definition) is 4. The molecule has 0 aliphatic carbocycles. The Kier molecular flexibility index (Phi) is 5.08. The highest BCUT2D eigenvalue weighted by Crippen LogP contribution is 2.27. The Bertz CT molecular complexity index is 1110. The summed E-state index contributed by atoms with van der Waals surface area (Å²) in [5.41, 5.74) is 1.33. The number of fused-ring (bicyclic) bond motifs is 1. The van der Waals surface area contributed by atoms with E-state index in [0.29, 0.717) is 27.0 Å².